The molecule has 5 rings (SSSR count). The number of aromatic nitrogens is 1. The Balaban J connectivity index is 0.00000190. The van der Waals surface area contributed by atoms with Crippen LogP contribution in [0.25, 0.3) is 0 Å². The highest BCUT2D eigenvalue weighted by atomic mass is 32.2. The Kier molecular flexibility index (Phi) is 6.52. The first-order valence-electron chi connectivity index (χ1n) is 11.7. The summed E-state index contributed by atoms with van der Waals surface area (Å²) >= 11 is 1.22. The third kappa shape index (κ3) is 4.91. The Morgan fingerprint density at radius 1 is 0.971 bits per heavy atom. The van der Waals surface area contributed by atoms with E-state index in [1.807, 2.05) is 0 Å². The average molecular weight is 516 g/mol. The maximum absolute atomic E-state index is 13.3. The third-order valence-electron chi connectivity index (χ3n) is 6.90. The lowest BCUT2D eigenvalue weighted by molar-refractivity contribution is -0.121. The number of aryl methyl sites for hydroxylation is 2. The number of nitrogens with one attached hydrogen (secondary N) is 1. The van der Waals surface area contributed by atoms with Gasteiger partial charge in [-0.25, -0.2) is 13.4 Å². The second kappa shape index (κ2) is 9.60. The number of carbonyl (C=O) groups excluding carboxylic acids is 1. The molecule has 1 aromatic heterocycles. The quantitative estimate of drug-likeness (QED) is 0.535. The number of anilines is 3. The van der Waals surface area contributed by atoms with Gasteiger partial charge < -0.3 is 9.80 Å². The van der Waals surface area contributed by atoms with Crippen molar-refractivity contribution in [1.82, 2.24) is 9.88 Å². The Bertz CT molecular complexity index is 1310. The molecular formula is C25H33N5O3S2. The van der Waals surface area contributed by atoms with Crippen molar-refractivity contribution in [2.45, 2.75) is 31.2 Å². The number of rotatable bonds is 6. The highest BCUT2D eigenvalue weighted by molar-refractivity contribution is 7.93. The van der Waals surface area contributed by atoms with Crippen molar-refractivity contribution in [1.29, 1.82) is 0 Å². The molecule has 1 amide bonds. The summed E-state index contributed by atoms with van der Waals surface area (Å²) in [5.74, 6) is 0.0844. The fraction of sp³-hybridized carbons (Fsp3) is 0.360. The summed E-state index contributed by atoms with van der Waals surface area (Å²) in [4.78, 5) is 23.8. The summed E-state index contributed by atoms with van der Waals surface area (Å²) < 4.78 is 27.6. The summed E-state index contributed by atoms with van der Waals surface area (Å²) in [6, 6.07) is 12.9. The van der Waals surface area contributed by atoms with Gasteiger partial charge in [-0.05, 0) is 67.8 Å². The molecule has 2 aliphatic rings. The van der Waals surface area contributed by atoms with Gasteiger partial charge in [0.05, 0.1) is 10.9 Å². The van der Waals surface area contributed by atoms with E-state index in [9.17, 15) is 13.2 Å². The summed E-state index contributed by atoms with van der Waals surface area (Å²) in [5, 5.41) is 2.03. The van der Waals surface area contributed by atoms with Gasteiger partial charge in [-0.2, -0.15) is 0 Å². The van der Waals surface area contributed by atoms with Crippen molar-refractivity contribution >= 4 is 43.8 Å². The summed E-state index contributed by atoms with van der Waals surface area (Å²) in [6.07, 6.45) is 2.32. The van der Waals surface area contributed by atoms with Crippen molar-refractivity contribution in [3.8, 4) is 0 Å². The standard InChI is InChI=1S/C25H29N5O3S2.2H2/c1-18-3-4-21(17-19(18)2)28-12-14-29(15-13-28)23-9-11-30(24(23)31)20-5-7-22(8-6-20)35(32,33)27-25-26-10-16-34-25;;/h3-8,10,16-17,23H,9,11-15H2,1-2H3,(H,26,27);2*1H/t23-;;/m0../s1. The fourth-order valence-electron chi connectivity index (χ4n) is 4.73. The van der Waals surface area contributed by atoms with Crippen LogP contribution in [0.3, 0.4) is 0 Å². The number of piperazine rings is 1. The first-order chi connectivity index (χ1) is 16.8. The lowest BCUT2D eigenvalue weighted by Crippen LogP contribution is -2.52. The van der Waals surface area contributed by atoms with Crippen molar-refractivity contribution < 1.29 is 16.1 Å². The highest BCUT2D eigenvalue weighted by Crippen LogP contribution is 2.28. The topological polar surface area (TPSA) is 85.8 Å². The van der Waals surface area contributed by atoms with Gasteiger partial charge in [0.15, 0.2) is 5.13 Å². The van der Waals surface area contributed by atoms with Crippen molar-refractivity contribution in [3.63, 3.8) is 0 Å². The van der Waals surface area contributed by atoms with Crippen molar-refractivity contribution in [2.75, 3.05) is 47.2 Å². The minimum atomic E-state index is -3.72. The van der Waals surface area contributed by atoms with E-state index in [1.54, 1.807) is 28.6 Å². The molecule has 3 heterocycles. The lowest BCUT2D eigenvalue weighted by Gasteiger charge is -2.38. The van der Waals surface area contributed by atoms with Gasteiger partial charge in [-0.15, -0.1) is 11.3 Å². The van der Waals surface area contributed by atoms with E-state index < -0.39 is 10.0 Å². The van der Waals surface area contributed by atoms with Gasteiger partial charge in [0.25, 0.3) is 10.0 Å². The molecule has 0 radical (unpaired) electrons. The van der Waals surface area contributed by atoms with E-state index in [1.165, 1.54) is 40.3 Å². The van der Waals surface area contributed by atoms with Crippen molar-refractivity contribution in [3.05, 3.63) is 65.2 Å². The molecule has 10 heteroatoms. The number of sulfonamides is 1. The lowest BCUT2D eigenvalue weighted by atomic mass is 10.1. The first-order valence-corrected chi connectivity index (χ1v) is 14.1. The molecule has 0 bridgehead atoms. The molecule has 0 spiro atoms. The number of nitrogens with zero attached hydrogens (tertiary/aromatic N) is 4. The minimum Gasteiger partial charge on any atom is -0.369 e. The summed E-state index contributed by atoms with van der Waals surface area (Å²) in [7, 11) is -3.72. The molecule has 2 saturated heterocycles. The predicted molar refractivity (Wildman–Crippen MR) is 144 cm³/mol. The van der Waals surface area contributed by atoms with Crippen LogP contribution >= 0.6 is 11.3 Å². The molecule has 2 aliphatic heterocycles. The smallest absolute Gasteiger partial charge is 0.263 e. The number of hydrogen-bond donors (Lipinski definition) is 1. The Hall–Kier alpha value is -2.95. The second-order valence-electron chi connectivity index (χ2n) is 9.02. The van der Waals surface area contributed by atoms with Crippen LogP contribution in [0.5, 0.6) is 0 Å². The van der Waals surface area contributed by atoms with E-state index in [2.05, 4.69) is 51.6 Å². The molecule has 1 atom stereocenters. The van der Waals surface area contributed by atoms with Crippen molar-refractivity contribution in [2.24, 2.45) is 0 Å². The monoisotopic (exact) mass is 515 g/mol. The molecule has 188 valence electrons. The molecule has 2 fully saturated rings. The molecule has 1 N–H and O–H groups in total. The highest BCUT2D eigenvalue weighted by Gasteiger charge is 2.38. The van der Waals surface area contributed by atoms with E-state index >= 15 is 0 Å². The van der Waals surface area contributed by atoms with Crippen LogP contribution in [-0.2, 0) is 14.8 Å². The fourth-order valence-corrected chi connectivity index (χ4v) is 6.52. The van der Waals surface area contributed by atoms with Crippen LogP contribution in [0.4, 0.5) is 16.5 Å². The minimum absolute atomic E-state index is 0. The third-order valence-corrected chi connectivity index (χ3v) is 9.07. The number of thiazole rings is 1. The molecule has 3 aromatic rings. The second-order valence-corrected chi connectivity index (χ2v) is 11.6. The predicted octanol–water partition coefficient (Wildman–Crippen LogP) is 3.98. The van der Waals surface area contributed by atoms with Crippen LogP contribution in [0.1, 0.15) is 20.4 Å². The average Bonchev–Trinajstić information content (AvgIpc) is 3.50. The molecule has 0 saturated carbocycles. The van der Waals surface area contributed by atoms with E-state index in [0.717, 1.165) is 38.3 Å². The zero-order valence-corrected chi connectivity index (χ0v) is 21.5. The van der Waals surface area contributed by atoms with Gasteiger partial charge in [-0.3, -0.25) is 14.4 Å². The Labute approximate surface area is 213 Å². The first kappa shape index (κ1) is 23.8. The molecular weight excluding hydrogens is 482 g/mol. The summed E-state index contributed by atoms with van der Waals surface area (Å²) in [5.41, 5.74) is 4.56. The maximum Gasteiger partial charge on any atom is 0.263 e. The SMILES string of the molecule is Cc1ccc(N2CCN([C@H]3CCN(c4ccc(S(=O)(=O)Nc5nccs5)cc4)C3=O)CC2)cc1C.[HH].[HH]. The number of amides is 1. The van der Waals surface area contributed by atoms with Gasteiger partial charge in [0.1, 0.15) is 0 Å². The molecule has 0 aliphatic carbocycles. The molecule has 35 heavy (non-hydrogen) atoms. The summed E-state index contributed by atoms with van der Waals surface area (Å²) in [6.45, 7) is 8.37. The van der Waals surface area contributed by atoms with Gasteiger partial charge in [-0.1, -0.05) is 6.07 Å². The maximum atomic E-state index is 13.3. The largest absolute Gasteiger partial charge is 0.369 e. The van der Waals surface area contributed by atoms with Gasteiger partial charge in [0.2, 0.25) is 5.91 Å². The normalized spacial score (nSPS) is 19.4. The van der Waals surface area contributed by atoms with Gasteiger partial charge in [0, 0.05) is 58.5 Å². The van der Waals surface area contributed by atoms with Crippen LogP contribution in [-0.4, -0.2) is 63.0 Å². The van der Waals surface area contributed by atoms with E-state index in [4.69, 9.17) is 0 Å². The number of carbonyl (C=O) groups is 1. The van der Waals surface area contributed by atoms with Crippen LogP contribution in [0.15, 0.2) is 58.9 Å². The Morgan fingerprint density at radius 2 is 1.69 bits per heavy atom. The molecule has 2 aromatic carbocycles. The zero-order chi connectivity index (χ0) is 24.6. The molecule has 8 nitrogen and oxygen atoms in total. The number of hydrogen-bond acceptors (Lipinski definition) is 7. The van der Waals surface area contributed by atoms with Crippen LogP contribution < -0.4 is 14.5 Å². The van der Waals surface area contributed by atoms with Crippen LogP contribution in [0.2, 0.25) is 0 Å². The number of benzene rings is 2. The van der Waals surface area contributed by atoms with E-state index in [-0.39, 0.29) is 19.7 Å². The zero-order valence-electron chi connectivity index (χ0n) is 19.8. The van der Waals surface area contributed by atoms with Crippen LogP contribution in [0, 0.1) is 13.8 Å². The molecule has 0 unspecified atom stereocenters. The van der Waals surface area contributed by atoms with Gasteiger partial charge >= 0.3 is 0 Å². The van der Waals surface area contributed by atoms with E-state index in [0.29, 0.717) is 11.7 Å². The Morgan fingerprint density at radius 3 is 2.34 bits per heavy atom.